The second kappa shape index (κ2) is 8.13. The Kier molecular flexibility index (Phi) is 5.65. The van der Waals surface area contributed by atoms with Gasteiger partial charge in [0.2, 0.25) is 0 Å². The molecule has 28 heavy (non-hydrogen) atoms. The van der Waals surface area contributed by atoms with Crippen LogP contribution in [0.15, 0.2) is 60.9 Å². The molecule has 0 bridgehead atoms. The van der Waals surface area contributed by atoms with E-state index in [0.717, 1.165) is 0 Å². The molecule has 0 saturated carbocycles. The van der Waals surface area contributed by atoms with Gasteiger partial charge in [-0.05, 0) is 42.0 Å². The molecule has 1 unspecified atom stereocenters. The number of hydrogen-bond donors (Lipinski definition) is 3. The third kappa shape index (κ3) is 5.34. The molecule has 0 aliphatic carbocycles. The summed E-state index contributed by atoms with van der Waals surface area (Å²) in [6, 6.07) is 13.1. The zero-order valence-corrected chi connectivity index (χ0v) is 14.4. The largest absolute Gasteiger partial charge is 0.573 e. The minimum Gasteiger partial charge on any atom is -0.508 e. The fourth-order valence-corrected chi connectivity index (χ4v) is 2.45. The number of aliphatic hydroxyl groups is 1. The van der Waals surface area contributed by atoms with Crippen LogP contribution >= 0.6 is 0 Å². The van der Waals surface area contributed by atoms with Gasteiger partial charge in [-0.15, -0.1) is 13.2 Å². The Balaban J connectivity index is 1.66. The highest BCUT2D eigenvalue weighted by Gasteiger charge is 2.30. The van der Waals surface area contributed by atoms with Gasteiger partial charge in [-0.25, -0.2) is 9.97 Å². The third-order valence-corrected chi connectivity index (χ3v) is 3.81. The van der Waals surface area contributed by atoms with E-state index in [9.17, 15) is 23.4 Å². The molecule has 1 heterocycles. The van der Waals surface area contributed by atoms with Crippen LogP contribution in [0.3, 0.4) is 0 Å². The number of hydrogen-bond acceptors (Lipinski definition) is 6. The lowest BCUT2D eigenvalue weighted by Gasteiger charge is -2.13. The second-order valence-corrected chi connectivity index (χ2v) is 5.85. The van der Waals surface area contributed by atoms with Crippen molar-refractivity contribution in [2.24, 2.45) is 0 Å². The number of nitrogens with one attached hydrogen (secondary N) is 1. The van der Waals surface area contributed by atoms with E-state index in [0.29, 0.717) is 22.6 Å². The van der Waals surface area contributed by atoms with Crippen LogP contribution < -0.4 is 10.1 Å². The van der Waals surface area contributed by atoms with Crippen molar-refractivity contribution >= 4 is 5.82 Å². The Morgan fingerprint density at radius 3 is 2.32 bits per heavy atom. The predicted octanol–water partition coefficient (Wildman–Crippen LogP) is 3.89. The molecule has 2 aromatic carbocycles. The normalized spacial score (nSPS) is 12.4. The molecule has 0 saturated heterocycles. The molecular formula is C19H16F3N3O3. The maximum Gasteiger partial charge on any atom is 0.573 e. The second-order valence-electron chi connectivity index (χ2n) is 5.85. The molecular weight excluding hydrogens is 375 g/mol. The SMILES string of the molecule is Oc1ccc(C(O)CNc2cc(-c3ccc(OC(F)(F)F)cc3)ncn2)cc1. The summed E-state index contributed by atoms with van der Waals surface area (Å²) in [6.45, 7) is 0.166. The van der Waals surface area contributed by atoms with Crippen molar-refractivity contribution in [3.8, 4) is 22.8 Å². The van der Waals surface area contributed by atoms with E-state index in [2.05, 4.69) is 20.0 Å². The summed E-state index contributed by atoms with van der Waals surface area (Å²) in [5, 5.41) is 22.4. The Morgan fingerprint density at radius 2 is 1.68 bits per heavy atom. The molecule has 9 heteroatoms. The lowest BCUT2D eigenvalue weighted by molar-refractivity contribution is -0.274. The monoisotopic (exact) mass is 391 g/mol. The predicted molar refractivity (Wildman–Crippen MR) is 95.7 cm³/mol. The van der Waals surface area contributed by atoms with E-state index in [1.54, 1.807) is 18.2 Å². The molecule has 0 fully saturated rings. The standard InChI is InChI=1S/C19H16F3N3O3/c20-19(21,22)28-15-7-3-12(4-8-15)16-9-18(25-11-24-16)23-10-17(27)13-1-5-14(26)6-2-13/h1-9,11,17,26-27H,10H2,(H,23,24,25). The summed E-state index contributed by atoms with van der Waals surface area (Å²) >= 11 is 0. The van der Waals surface area contributed by atoms with Crippen molar-refractivity contribution in [2.75, 3.05) is 11.9 Å². The number of halogens is 3. The van der Waals surface area contributed by atoms with Crippen LogP contribution in [0.2, 0.25) is 0 Å². The van der Waals surface area contributed by atoms with E-state index >= 15 is 0 Å². The summed E-state index contributed by atoms with van der Waals surface area (Å²) in [4.78, 5) is 8.17. The first-order valence-electron chi connectivity index (χ1n) is 8.19. The van der Waals surface area contributed by atoms with Crippen LogP contribution in [-0.4, -0.2) is 33.1 Å². The third-order valence-electron chi connectivity index (χ3n) is 3.81. The smallest absolute Gasteiger partial charge is 0.508 e. The van der Waals surface area contributed by atoms with Crippen molar-refractivity contribution in [1.82, 2.24) is 9.97 Å². The first kappa shape index (κ1) is 19.4. The van der Waals surface area contributed by atoms with Crippen molar-refractivity contribution in [1.29, 1.82) is 0 Å². The minimum atomic E-state index is -4.74. The van der Waals surface area contributed by atoms with Crippen LogP contribution in [0, 0.1) is 0 Å². The van der Waals surface area contributed by atoms with Gasteiger partial charge < -0.3 is 20.3 Å². The van der Waals surface area contributed by atoms with E-state index in [1.165, 1.54) is 42.7 Å². The molecule has 1 atom stereocenters. The van der Waals surface area contributed by atoms with Gasteiger partial charge in [-0.3, -0.25) is 0 Å². The zero-order chi connectivity index (χ0) is 20.1. The Bertz CT molecular complexity index is 916. The number of aromatic nitrogens is 2. The summed E-state index contributed by atoms with van der Waals surface area (Å²) in [7, 11) is 0. The number of aliphatic hydroxyl groups excluding tert-OH is 1. The van der Waals surface area contributed by atoms with Gasteiger partial charge in [0.1, 0.15) is 23.6 Å². The lowest BCUT2D eigenvalue weighted by Crippen LogP contribution is -2.16. The van der Waals surface area contributed by atoms with Crippen LogP contribution in [0.4, 0.5) is 19.0 Å². The van der Waals surface area contributed by atoms with Crippen molar-refractivity contribution in [3.63, 3.8) is 0 Å². The summed E-state index contributed by atoms with van der Waals surface area (Å²) in [5.41, 5.74) is 1.70. The van der Waals surface area contributed by atoms with Crippen LogP contribution in [0.25, 0.3) is 11.3 Å². The number of ether oxygens (including phenoxy) is 1. The number of rotatable bonds is 6. The number of phenolic OH excluding ortho intramolecular Hbond substituents is 1. The number of alkyl halides is 3. The highest BCUT2D eigenvalue weighted by Crippen LogP contribution is 2.26. The van der Waals surface area contributed by atoms with Crippen molar-refractivity contribution in [2.45, 2.75) is 12.5 Å². The molecule has 0 aliphatic heterocycles. The van der Waals surface area contributed by atoms with E-state index in [1.807, 2.05) is 0 Å². The fourth-order valence-electron chi connectivity index (χ4n) is 2.45. The van der Waals surface area contributed by atoms with E-state index < -0.39 is 12.5 Å². The number of nitrogens with zero attached hydrogens (tertiary/aromatic N) is 2. The molecule has 0 spiro atoms. The average Bonchev–Trinajstić information content (AvgIpc) is 2.66. The highest BCUT2D eigenvalue weighted by atomic mass is 19.4. The van der Waals surface area contributed by atoms with Gasteiger partial charge in [0.25, 0.3) is 0 Å². The Labute approximate surface area is 158 Å². The van der Waals surface area contributed by atoms with Crippen LogP contribution in [0.5, 0.6) is 11.5 Å². The summed E-state index contributed by atoms with van der Waals surface area (Å²) in [5.74, 6) is 0.232. The van der Waals surface area contributed by atoms with Gasteiger partial charge in [0, 0.05) is 18.2 Å². The molecule has 3 N–H and O–H groups in total. The first-order chi connectivity index (χ1) is 13.3. The molecule has 0 radical (unpaired) electrons. The molecule has 1 aromatic heterocycles. The summed E-state index contributed by atoms with van der Waals surface area (Å²) < 4.78 is 40.5. The Hall–Kier alpha value is -3.33. The number of aromatic hydroxyl groups is 1. The van der Waals surface area contributed by atoms with Crippen molar-refractivity contribution < 1.29 is 28.1 Å². The van der Waals surface area contributed by atoms with Gasteiger partial charge in [0.05, 0.1) is 11.8 Å². The van der Waals surface area contributed by atoms with E-state index in [4.69, 9.17) is 0 Å². The zero-order valence-electron chi connectivity index (χ0n) is 14.4. The molecule has 146 valence electrons. The lowest BCUT2D eigenvalue weighted by atomic mass is 10.1. The first-order valence-corrected chi connectivity index (χ1v) is 8.19. The molecule has 0 aliphatic rings. The van der Waals surface area contributed by atoms with Crippen LogP contribution in [-0.2, 0) is 0 Å². The fraction of sp³-hybridized carbons (Fsp3) is 0.158. The maximum absolute atomic E-state index is 12.2. The topological polar surface area (TPSA) is 87.5 Å². The molecule has 0 amide bonds. The van der Waals surface area contributed by atoms with Crippen molar-refractivity contribution in [3.05, 3.63) is 66.5 Å². The number of anilines is 1. The highest BCUT2D eigenvalue weighted by molar-refractivity contribution is 5.62. The summed E-state index contributed by atoms with van der Waals surface area (Å²) in [6.07, 6.45) is -4.26. The van der Waals surface area contributed by atoms with Gasteiger partial charge in [-0.2, -0.15) is 0 Å². The Morgan fingerprint density at radius 1 is 1.00 bits per heavy atom. The molecule has 3 rings (SSSR count). The average molecular weight is 391 g/mol. The van der Waals surface area contributed by atoms with Gasteiger partial charge in [0.15, 0.2) is 0 Å². The maximum atomic E-state index is 12.2. The minimum absolute atomic E-state index is 0.107. The molecule has 6 nitrogen and oxygen atoms in total. The number of benzene rings is 2. The molecule has 3 aromatic rings. The van der Waals surface area contributed by atoms with Gasteiger partial charge >= 0.3 is 6.36 Å². The van der Waals surface area contributed by atoms with Gasteiger partial charge in [-0.1, -0.05) is 12.1 Å². The quantitative estimate of drug-likeness (QED) is 0.591. The van der Waals surface area contributed by atoms with E-state index in [-0.39, 0.29) is 18.0 Å². The number of phenols is 1. The van der Waals surface area contributed by atoms with Crippen LogP contribution in [0.1, 0.15) is 11.7 Å².